The van der Waals surface area contributed by atoms with Crippen molar-refractivity contribution >= 4 is 0 Å². The maximum Gasteiger partial charge on any atom is -0.00142 e. The fourth-order valence-electron chi connectivity index (χ4n) is 1.17. The van der Waals surface area contributed by atoms with Crippen LogP contribution >= 0.6 is 0 Å². The van der Waals surface area contributed by atoms with Crippen molar-refractivity contribution in [2.24, 2.45) is 17.4 Å². The number of hydrogen-bond acceptors (Lipinski definition) is 2. The molecule has 2 heteroatoms. The smallest absolute Gasteiger partial charge is 0.00142 e. The van der Waals surface area contributed by atoms with E-state index in [-0.39, 0.29) is 0 Å². The standard InChI is InChI=1S/C10H22N2/c1-2-3-6-10(9-12)7-4-5-8-11/h3,6,10H,2,4-5,7-9,11-12H2,1H3/b6-3+. The van der Waals surface area contributed by atoms with Gasteiger partial charge in [0.1, 0.15) is 0 Å². The van der Waals surface area contributed by atoms with Crippen molar-refractivity contribution < 1.29 is 0 Å². The average Bonchev–Trinajstić information content (AvgIpc) is 2.11. The van der Waals surface area contributed by atoms with Crippen LogP contribution in [-0.4, -0.2) is 13.1 Å². The van der Waals surface area contributed by atoms with Crippen LogP contribution in [-0.2, 0) is 0 Å². The molecule has 0 aromatic carbocycles. The second-order valence-corrected chi connectivity index (χ2v) is 3.12. The molecule has 12 heavy (non-hydrogen) atoms. The summed E-state index contributed by atoms with van der Waals surface area (Å²) in [6.45, 7) is 3.71. The van der Waals surface area contributed by atoms with Crippen molar-refractivity contribution in [2.75, 3.05) is 13.1 Å². The number of hydrogen-bond donors (Lipinski definition) is 2. The molecular formula is C10H22N2. The Kier molecular flexibility index (Phi) is 8.51. The maximum atomic E-state index is 5.61. The van der Waals surface area contributed by atoms with E-state index in [2.05, 4.69) is 19.1 Å². The summed E-state index contributed by atoms with van der Waals surface area (Å²) >= 11 is 0. The largest absolute Gasteiger partial charge is 0.330 e. The summed E-state index contributed by atoms with van der Waals surface area (Å²) in [6.07, 6.45) is 9.04. The molecule has 0 bridgehead atoms. The summed E-state index contributed by atoms with van der Waals surface area (Å²) < 4.78 is 0. The van der Waals surface area contributed by atoms with Crippen molar-refractivity contribution in [3.63, 3.8) is 0 Å². The zero-order chi connectivity index (χ0) is 9.23. The molecule has 0 saturated carbocycles. The van der Waals surface area contributed by atoms with E-state index in [1.165, 1.54) is 12.8 Å². The van der Waals surface area contributed by atoms with Crippen LogP contribution < -0.4 is 11.5 Å². The van der Waals surface area contributed by atoms with Crippen LogP contribution in [0.25, 0.3) is 0 Å². The molecule has 1 unspecified atom stereocenters. The lowest BCUT2D eigenvalue weighted by atomic mass is 10.0. The van der Waals surface area contributed by atoms with Gasteiger partial charge in [0, 0.05) is 0 Å². The molecule has 4 N–H and O–H groups in total. The highest BCUT2D eigenvalue weighted by Gasteiger charge is 2.00. The molecule has 0 rings (SSSR count). The third-order valence-corrected chi connectivity index (χ3v) is 1.98. The van der Waals surface area contributed by atoms with Crippen LogP contribution in [0.15, 0.2) is 12.2 Å². The Morgan fingerprint density at radius 3 is 2.50 bits per heavy atom. The summed E-state index contributed by atoms with van der Waals surface area (Å²) in [6, 6.07) is 0. The first-order valence-corrected chi connectivity index (χ1v) is 4.92. The van der Waals surface area contributed by atoms with Crippen molar-refractivity contribution in [3.8, 4) is 0 Å². The van der Waals surface area contributed by atoms with Crippen LogP contribution in [0.5, 0.6) is 0 Å². The van der Waals surface area contributed by atoms with Crippen molar-refractivity contribution in [2.45, 2.75) is 32.6 Å². The van der Waals surface area contributed by atoms with Gasteiger partial charge in [-0.15, -0.1) is 0 Å². The molecule has 0 aliphatic rings. The maximum absolute atomic E-state index is 5.61. The van der Waals surface area contributed by atoms with E-state index in [9.17, 15) is 0 Å². The van der Waals surface area contributed by atoms with E-state index >= 15 is 0 Å². The SMILES string of the molecule is CC/C=C/C(CN)CCCCN. The van der Waals surface area contributed by atoms with Gasteiger partial charge in [-0.3, -0.25) is 0 Å². The highest BCUT2D eigenvalue weighted by Crippen LogP contribution is 2.08. The van der Waals surface area contributed by atoms with Gasteiger partial charge < -0.3 is 11.5 Å². The van der Waals surface area contributed by atoms with Crippen molar-refractivity contribution in [1.82, 2.24) is 0 Å². The molecule has 0 aromatic heterocycles. The first-order valence-electron chi connectivity index (χ1n) is 4.92. The average molecular weight is 170 g/mol. The normalized spacial score (nSPS) is 13.9. The number of allylic oxidation sites excluding steroid dienone is 1. The quantitative estimate of drug-likeness (QED) is 0.451. The van der Waals surface area contributed by atoms with Crippen LogP contribution in [0.2, 0.25) is 0 Å². The monoisotopic (exact) mass is 170 g/mol. The van der Waals surface area contributed by atoms with E-state index in [4.69, 9.17) is 11.5 Å². The minimum Gasteiger partial charge on any atom is -0.330 e. The molecule has 0 aromatic rings. The van der Waals surface area contributed by atoms with Crippen LogP contribution in [0, 0.1) is 5.92 Å². The van der Waals surface area contributed by atoms with Crippen LogP contribution in [0.1, 0.15) is 32.6 Å². The van der Waals surface area contributed by atoms with Gasteiger partial charge in [-0.2, -0.15) is 0 Å². The highest BCUT2D eigenvalue weighted by atomic mass is 14.5. The Bertz CT molecular complexity index is 110. The van der Waals surface area contributed by atoms with Crippen molar-refractivity contribution in [3.05, 3.63) is 12.2 Å². The number of rotatable bonds is 7. The summed E-state index contributed by atoms with van der Waals surface area (Å²) in [5.41, 5.74) is 11.0. The molecule has 0 radical (unpaired) electrons. The van der Waals surface area contributed by atoms with Gasteiger partial charge in [0.25, 0.3) is 0 Å². The van der Waals surface area contributed by atoms with E-state index in [0.717, 1.165) is 25.9 Å². The second kappa shape index (κ2) is 8.75. The lowest BCUT2D eigenvalue weighted by Crippen LogP contribution is -2.12. The van der Waals surface area contributed by atoms with E-state index in [0.29, 0.717) is 5.92 Å². The van der Waals surface area contributed by atoms with Gasteiger partial charge in [0.2, 0.25) is 0 Å². The molecule has 0 heterocycles. The Hall–Kier alpha value is -0.340. The van der Waals surface area contributed by atoms with Crippen LogP contribution in [0.3, 0.4) is 0 Å². The third kappa shape index (κ3) is 6.38. The minimum atomic E-state index is 0.566. The van der Waals surface area contributed by atoms with Crippen LogP contribution in [0.4, 0.5) is 0 Å². The lowest BCUT2D eigenvalue weighted by Gasteiger charge is -2.08. The zero-order valence-corrected chi connectivity index (χ0v) is 8.13. The van der Waals surface area contributed by atoms with E-state index in [1.807, 2.05) is 0 Å². The molecule has 72 valence electrons. The van der Waals surface area contributed by atoms with Gasteiger partial charge >= 0.3 is 0 Å². The van der Waals surface area contributed by atoms with Gasteiger partial charge in [0.05, 0.1) is 0 Å². The predicted octanol–water partition coefficient (Wildman–Crippen LogP) is 1.66. The molecule has 1 atom stereocenters. The summed E-state index contributed by atoms with van der Waals surface area (Å²) in [4.78, 5) is 0. The first-order chi connectivity index (χ1) is 5.85. The Labute approximate surface area is 76.0 Å². The third-order valence-electron chi connectivity index (χ3n) is 1.98. The van der Waals surface area contributed by atoms with Crippen molar-refractivity contribution in [1.29, 1.82) is 0 Å². The molecule has 2 nitrogen and oxygen atoms in total. The molecule has 0 spiro atoms. The summed E-state index contributed by atoms with van der Waals surface area (Å²) in [5, 5.41) is 0. The fraction of sp³-hybridized carbons (Fsp3) is 0.800. The van der Waals surface area contributed by atoms with Gasteiger partial charge in [-0.25, -0.2) is 0 Å². The zero-order valence-electron chi connectivity index (χ0n) is 8.13. The molecule has 0 aliphatic heterocycles. The fourth-order valence-corrected chi connectivity index (χ4v) is 1.17. The topological polar surface area (TPSA) is 52.0 Å². The molecule has 0 saturated heterocycles. The predicted molar refractivity (Wildman–Crippen MR) is 54.9 cm³/mol. The summed E-state index contributed by atoms with van der Waals surface area (Å²) in [7, 11) is 0. The number of nitrogens with two attached hydrogens (primary N) is 2. The lowest BCUT2D eigenvalue weighted by molar-refractivity contribution is 0.554. The highest BCUT2D eigenvalue weighted by molar-refractivity contribution is 4.87. The molecular weight excluding hydrogens is 148 g/mol. The Morgan fingerprint density at radius 2 is 2.00 bits per heavy atom. The Balaban J connectivity index is 3.46. The second-order valence-electron chi connectivity index (χ2n) is 3.12. The van der Waals surface area contributed by atoms with E-state index in [1.54, 1.807) is 0 Å². The molecule has 0 aliphatic carbocycles. The van der Waals surface area contributed by atoms with E-state index < -0.39 is 0 Å². The minimum absolute atomic E-state index is 0.566. The summed E-state index contributed by atoms with van der Waals surface area (Å²) in [5.74, 6) is 0.566. The van der Waals surface area contributed by atoms with Gasteiger partial charge in [-0.1, -0.05) is 25.5 Å². The van der Waals surface area contributed by atoms with Gasteiger partial charge in [0.15, 0.2) is 0 Å². The Morgan fingerprint density at radius 1 is 1.25 bits per heavy atom. The molecule has 0 fully saturated rings. The van der Waals surface area contributed by atoms with Gasteiger partial charge in [-0.05, 0) is 38.3 Å². The number of unbranched alkanes of at least 4 members (excludes halogenated alkanes) is 1. The molecule has 0 amide bonds. The first kappa shape index (κ1) is 11.7.